The van der Waals surface area contributed by atoms with E-state index in [0.717, 1.165) is 0 Å². The Morgan fingerprint density at radius 3 is 2.73 bits per heavy atom. The van der Waals surface area contributed by atoms with Gasteiger partial charge >= 0.3 is 0 Å². The van der Waals surface area contributed by atoms with Crippen molar-refractivity contribution in [1.82, 2.24) is 10.6 Å². The van der Waals surface area contributed by atoms with Crippen LogP contribution in [0.3, 0.4) is 0 Å². The fourth-order valence-electron chi connectivity index (χ4n) is 1.02. The SMILES string of the molecule is N=C(N)NC(=N)NCc1cccc(F)c1. The average molecular weight is 209 g/mol. The first kappa shape index (κ1) is 11.0. The Bertz CT molecular complexity index is 377. The molecule has 0 aliphatic heterocycles. The molecule has 0 saturated heterocycles. The lowest BCUT2D eigenvalue weighted by Gasteiger charge is -2.08. The molecule has 0 saturated carbocycles. The zero-order valence-electron chi connectivity index (χ0n) is 7.97. The predicted octanol–water partition coefficient (Wildman–Crippen LogP) is 0.333. The van der Waals surface area contributed by atoms with E-state index in [-0.39, 0.29) is 17.7 Å². The van der Waals surface area contributed by atoms with Crippen LogP contribution in [0.4, 0.5) is 4.39 Å². The number of hydrogen-bond donors (Lipinski definition) is 5. The third-order valence-electron chi connectivity index (χ3n) is 1.62. The van der Waals surface area contributed by atoms with Gasteiger partial charge in [0.2, 0.25) is 0 Å². The van der Waals surface area contributed by atoms with Crippen LogP contribution >= 0.6 is 0 Å². The summed E-state index contributed by atoms with van der Waals surface area (Å²) in [6.07, 6.45) is 0. The van der Waals surface area contributed by atoms with E-state index < -0.39 is 0 Å². The van der Waals surface area contributed by atoms with Gasteiger partial charge in [0.15, 0.2) is 11.9 Å². The number of nitrogens with one attached hydrogen (secondary N) is 4. The molecule has 6 heteroatoms. The highest BCUT2D eigenvalue weighted by Crippen LogP contribution is 2.02. The molecule has 0 unspecified atom stereocenters. The van der Waals surface area contributed by atoms with Gasteiger partial charge in [-0.1, -0.05) is 12.1 Å². The molecule has 0 aliphatic rings. The van der Waals surface area contributed by atoms with Crippen LogP contribution in [0.15, 0.2) is 24.3 Å². The standard InChI is InChI=1S/C9H12FN5/c10-7-3-1-2-6(4-7)5-14-9(13)15-8(11)12/h1-4H,5H2,(H6,11,12,13,14,15). The summed E-state index contributed by atoms with van der Waals surface area (Å²) in [5.74, 6) is -0.723. The van der Waals surface area contributed by atoms with Crippen LogP contribution in [-0.4, -0.2) is 11.9 Å². The number of halogens is 1. The molecule has 1 aromatic rings. The molecule has 0 fully saturated rings. The highest BCUT2D eigenvalue weighted by atomic mass is 19.1. The van der Waals surface area contributed by atoms with E-state index >= 15 is 0 Å². The zero-order valence-corrected chi connectivity index (χ0v) is 7.97. The Hall–Kier alpha value is -2.11. The Labute approximate surface area is 86.5 Å². The summed E-state index contributed by atoms with van der Waals surface area (Å²) in [6.45, 7) is 0.302. The Balaban J connectivity index is 2.43. The maximum atomic E-state index is 12.8. The summed E-state index contributed by atoms with van der Waals surface area (Å²) >= 11 is 0. The van der Waals surface area contributed by atoms with Crippen molar-refractivity contribution in [3.05, 3.63) is 35.6 Å². The van der Waals surface area contributed by atoms with Crippen molar-refractivity contribution in [2.24, 2.45) is 5.73 Å². The van der Waals surface area contributed by atoms with E-state index in [9.17, 15) is 4.39 Å². The van der Waals surface area contributed by atoms with Gasteiger partial charge in [-0.2, -0.15) is 0 Å². The average Bonchev–Trinajstić information content (AvgIpc) is 2.14. The lowest BCUT2D eigenvalue weighted by Crippen LogP contribution is -2.42. The number of nitrogens with two attached hydrogens (primary N) is 1. The van der Waals surface area contributed by atoms with Gasteiger partial charge in [-0.15, -0.1) is 0 Å². The molecule has 0 aromatic heterocycles. The minimum absolute atomic E-state index is 0.0910. The van der Waals surface area contributed by atoms with Crippen LogP contribution < -0.4 is 16.4 Å². The first-order valence-electron chi connectivity index (χ1n) is 4.26. The maximum absolute atomic E-state index is 12.8. The zero-order chi connectivity index (χ0) is 11.3. The van der Waals surface area contributed by atoms with E-state index in [4.69, 9.17) is 16.6 Å². The fraction of sp³-hybridized carbons (Fsp3) is 0.111. The highest BCUT2D eigenvalue weighted by Gasteiger charge is 1.98. The van der Waals surface area contributed by atoms with Crippen LogP contribution in [0.25, 0.3) is 0 Å². The second kappa shape index (κ2) is 4.94. The van der Waals surface area contributed by atoms with E-state index in [1.807, 2.05) is 0 Å². The van der Waals surface area contributed by atoms with E-state index in [2.05, 4.69) is 10.6 Å². The largest absolute Gasteiger partial charge is 0.370 e. The molecule has 0 aliphatic carbocycles. The van der Waals surface area contributed by atoms with Crippen molar-refractivity contribution in [2.75, 3.05) is 0 Å². The minimum Gasteiger partial charge on any atom is -0.370 e. The molecule has 0 atom stereocenters. The Morgan fingerprint density at radius 1 is 1.40 bits per heavy atom. The van der Waals surface area contributed by atoms with Gasteiger partial charge in [-0.05, 0) is 17.7 Å². The van der Waals surface area contributed by atoms with Gasteiger partial charge in [0.25, 0.3) is 0 Å². The van der Waals surface area contributed by atoms with Crippen LogP contribution in [0, 0.1) is 16.6 Å². The topological polar surface area (TPSA) is 97.8 Å². The summed E-state index contributed by atoms with van der Waals surface area (Å²) in [4.78, 5) is 0. The van der Waals surface area contributed by atoms with Gasteiger partial charge in [-0.3, -0.25) is 16.1 Å². The molecule has 0 bridgehead atoms. The lowest BCUT2D eigenvalue weighted by atomic mass is 10.2. The van der Waals surface area contributed by atoms with Crippen molar-refractivity contribution in [2.45, 2.75) is 6.54 Å². The smallest absolute Gasteiger partial charge is 0.195 e. The van der Waals surface area contributed by atoms with Crippen LogP contribution in [-0.2, 0) is 6.54 Å². The Morgan fingerprint density at radius 2 is 2.13 bits per heavy atom. The molecule has 0 radical (unpaired) electrons. The lowest BCUT2D eigenvalue weighted by molar-refractivity contribution is 0.624. The highest BCUT2D eigenvalue weighted by molar-refractivity contribution is 5.94. The summed E-state index contributed by atoms with van der Waals surface area (Å²) in [5.41, 5.74) is 5.73. The first-order chi connectivity index (χ1) is 7.08. The van der Waals surface area contributed by atoms with Crippen molar-refractivity contribution in [3.63, 3.8) is 0 Å². The molecule has 6 N–H and O–H groups in total. The van der Waals surface area contributed by atoms with Crippen LogP contribution in [0.5, 0.6) is 0 Å². The second-order valence-electron chi connectivity index (χ2n) is 2.90. The van der Waals surface area contributed by atoms with Gasteiger partial charge in [-0.25, -0.2) is 4.39 Å². The fourth-order valence-corrected chi connectivity index (χ4v) is 1.02. The van der Waals surface area contributed by atoms with Gasteiger partial charge < -0.3 is 11.1 Å². The van der Waals surface area contributed by atoms with Crippen LogP contribution in [0.1, 0.15) is 5.56 Å². The number of benzene rings is 1. The number of hydrogen-bond acceptors (Lipinski definition) is 2. The van der Waals surface area contributed by atoms with E-state index in [1.54, 1.807) is 12.1 Å². The van der Waals surface area contributed by atoms with Gasteiger partial charge in [0.05, 0.1) is 0 Å². The van der Waals surface area contributed by atoms with Gasteiger partial charge in [0.1, 0.15) is 5.82 Å². The summed E-state index contributed by atoms with van der Waals surface area (Å²) in [5, 5.41) is 19.1. The quantitative estimate of drug-likeness (QED) is 0.358. The van der Waals surface area contributed by atoms with Gasteiger partial charge in [0, 0.05) is 6.54 Å². The number of rotatable bonds is 2. The summed E-state index contributed by atoms with van der Waals surface area (Å²) in [6, 6.07) is 6.04. The maximum Gasteiger partial charge on any atom is 0.195 e. The van der Waals surface area contributed by atoms with E-state index in [1.165, 1.54) is 12.1 Å². The van der Waals surface area contributed by atoms with Crippen molar-refractivity contribution in [1.29, 1.82) is 10.8 Å². The third-order valence-corrected chi connectivity index (χ3v) is 1.62. The Kier molecular flexibility index (Phi) is 3.61. The molecular formula is C9H12FN5. The molecule has 80 valence electrons. The normalized spacial score (nSPS) is 9.40. The number of guanidine groups is 2. The molecule has 1 aromatic carbocycles. The van der Waals surface area contributed by atoms with Crippen molar-refractivity contribution in [3.8, 4) is 0 Å². The van der Waals surface area contributed by atoms with Crippen molar-refractivity contribution < 1.29 is 4.39 Å². The monoisotopic (exact) mass is 209 g/mol. The van der Waals surface area contributed by atoms with Crippen LogP contribution in [0.2, 0.25) is 0 Å². The first-order valence-corrected chi connectivity index (χ1v) is 4.26. The summed E-state index contributed by atoms with van der Waals surface area (Å²) in [7, 11) is 0. The van der Waals surface area contributed by atoms with Crippen molar-refractivity contribution >= 4 is 11.9 Å². The predicted molar refractivity (Wildman–Crippen MR) is 56.0 cm³/mol. The molecule has 1 rings (SSSR count). The molecule has 0 amide bonds. The minimum atomic E-state index is -0.319. The molecule has 15 heavy (non-hydrogen) atoms. The molecular weight excluding hydrogens is 197 g/mol. The second-order valence-corrected chi connectivity index (χ2v) is 2.90. The molecule has 5 nitrogen and oxygen atoms in total. The summed E-state index contributed by atoms with van der Waals surface area (Å²) < 4.78 is 12.8. The molecule has 0 heterocycles. The van der Waals surface area contributed by atoms with E-state index in [0.29, 0.717) is 12.1 Å². The third kappa shape index (κ3) is 4.08. The molecule has 0 spiro atoms.